The Morgan fingerprint density at radius 3 is 0.981 bits per heavy atom. The molecule has 28 nitrogen and oxygen atoms in total. The number of Topliss-reactive ketones (excluding diaryl/α,β-unsaturated/α-hetero) is 1. The van der Waals surface area contributed by atoms with Gasteiger partial charge in [0.25, 0.3) is 29.4 Å². The van der Waals surface area contributed by atoms with Gasteiger partial charge in [0.15, 0.2) is 44.8 Å². The van der Waals surface area contributed by atoms with Gasteiger partial charge >= 0.3 is 12.4 Å². The third-order valence-corrected chi connectivity index (χ3v) is 15.6. The molecule has 0 radical (unpaired) electrons. The maximum atomic E-state index is 12.6. The molecule has 10 aromatic heterocycles. The Morgan fingerprint density at radius 1 is 0.346 bits per heavy atom. The molecule has 3 aromatic carbocycles. The summed E-state index contributed by atoms with van der Waals surface area (Å²) in [7, 11) is 0. The summed E-state index contributed by atoms with van der Waals surface area (Å²) < 4.78 is 75.0. The number of ketones is 2. The van der Waals surface area contributed by atoms with E-state index in [2.05, 4.69) is 111 Å². The zero-order valence-corrected chi connectivity index (χ0v) is 58.2. The molecule has 13 rings (SSSR count). The number of halogens is 6. The third-order valence-electron chi connectivity index (χ3n) is 13.9. The Labute approximate surface area is 610 Å². The van der Waals surface area contributed by atoms with Crippen molar-refractivity contribution < 1.29 is 55.1 Å². The molecule has 13 aromatic rings. The average Bonchev–Trinajstić information content (AvgIpc) is 0.924. The summed E-state index contributed by atoms with van der Waals surface area (Å²) in [5, 5.41) is 12.8. The molecule has 0 aliphatic rings. The number of carbonyl (C=O) groups is 6. The third kappa shape index (κ3) is 21.3. The monoisotopic (exact) mass is 1490 g/mol. The highest BCUT2D eigenvalue weighted by molar-refractivity contribution is 7.12. The number of nitrogens with zero attached hydrogens (tertiary/aromatic N) is 18. The highest BCUT2D eigenvalue weighted by Gasteiger charge is 2.39. The van der Waals surface area contributed by atoms with Crippen molar-refractivity contribution in [3.05, 3.63) is 260 Å². The number of pyridine rings is 4. The van der Waals surface area contributed by atoms with Crippen LogP contribution in [0, 0.1) is 27.7 Å². The molecule has 0 aliphatic carbocycles. The van der Waals surface area contributed by atoms with E-state index in [1.54, 1.807) is 143 Å². The van der Waals surface area contributed by atoms with E-state index in [4.69, 9.17) is 0 Å². The lowest BCUT2D eigenvalue weighted by Crippen LogP contribution is -2.23. The minimum Gasteiger partial charge on any atom is -0.290 e. The van der Waals surface area contributed by atoms with E-state index in [0.717, 1.165) is 35.3 Å². The number of hydrogen-bond donors (Lipinski definition) is 4. The van der Waals surface area contributed by atoms with Gasteiger partial charge in [-0.3, -0.25) is 70.0 Å². The van der Waals surface area contributed by atoms with E-state index >= 15 is 0 Å². The van der Waals surface area contributed by atoms with Crippen molar-refractivity contribution >= 4 is 81.7 Å². The molecule has 0 bridgehead atoms. The molecule has 4 N–H and O–H groups in total. The number of alkyl halides is 6. The average molecular weight is 1490 g/mol. The Balaban J connectivity index is 0.000000153. The number of thiazole rings is 2. The van der Waals surface area contributed by atoms with Crippen LogP contribution in [0.25, 0.3) is 46.1 Å². The van der Waals surface area contributed by atoms with Gasteiger partial charge in [-0.2, -0.15) is 66.2 Å². The SMILES string of the molecule is Cc1nc(NC(=O)c2ccc(C(=O)C(F)(F)F)cc2)nc(-c2ccccn2)n1.Cc1nc(NC(=O)c2ccc(C(=O)c3ccccc3)cc2)nc(-c2ccccn2)n1.Cc1nc(NC(=O)c2nc(C(C)C)cs2)nc(-c2ccccn2)n1.Cc1nc(NC(=O)c2nc(C(F)(F)F)cs2)nc(-c2ccccn2)n1. The van der Waals surface area contributed by atoms with E-state index in [1.165, 1.54) is 11.3 Å². The van der Waals surface area contributed by atoms with Crippen molar-refractivity contribution in [2.45, 2.75) is 59.8 Å². The van der Waals surface area contributed by atoms with Crippen molar-refractivity contribution in [3.8, 4) is 46.1 Å². The second kappa shape index (κ2) is 34.6. The van der Waals surface area contributed by atoms with Crippen molar-refractivity contribution in [2.75, 3.05) is 21.3 Å². The van der Waals surface area contributed by atoms with E-state index < -0.39 is 41.2 Å². The Bertz CT molecular complexity index is 5310. The summed E-state index contributed by atoms with van der Waals surface area (Å²) in [6, 6.07) is 40.7. The number of benzene rings is 3. The molecule has 0 spiro atoms. The van der Waals surface area contributed by atoms with Gasteiger partial charge in [0, 0.05) is 63.4 Å². The molecule has 10 heterocycles. The van der Waals surface area contributed by atoms with Crippen LogP contribution in [-0.2, 0) is 6.18 Å². The topological polar surface area (TPSA) is 383 Å². The Hall–Kier alpha value is -13.6. The fourth-order valence-corrected chi connectivity index (χ4v) is 10.5. The van der Waals surface area contributed by atoms with Crippen molar-refractivity contribution in [1.82, 2.24) is 89.7 Å². The minimum atomic E-state index is -4.98. The van der Waals surface area contributed by atoms with Gasteiger partial charge in [0.2, 0.25) is 23.8 Å². The highest BCUT2D eigenvalue weighted by Crippen LogP contribution is 2.31. The van der Waals surface area contributed by atoms with Crippen molar-refractivity contribution in [2.24, 2.45) is 0 Å². The summed E-state index contributed by atoms with van der Waals surface area (Å²) in [5.74, 6) is -0.886. The lowest BCUT2D eigenvalue weighted by atomic mass is 10.0. The van der Waals surface area contributed by atoms with Gasteiger partial charge in [-0.05, 0) is 106 Å². The van der Waals surface area contributed by atoms with E-state index in [1.807, 2.05) is 55.6 Å². The maximum absolute atomic E-state index is 12.6. The maximum Gasteiger partial charge on any atom is 0.454 e. The van der Waals surface area contributed by atoms with Crippen molar-refractivity contribution in [1.29, 1.82) is 0 Å². The molecule has 538 valence electrons. The summed E-state index contributed by atoms with van der Waals surface area (Å²) >= 11 is 1.89. The predicted octanol–water partition coefficient (Wildman–Crippen LogP) is 13.0. The van der Waals surface area contributed by atoms with Gasteiger partial charge in [0.1, 0.15) is 46.1 Å². The first-order valence-corrected chi connectivity index (χ1v) is 33.2. The molecule has 107 heavy (non-hydrogen) atoms. The standard InChI is InChI=1S/C23H17N5O2.C18H12F3N5O2.C16H16N6OS.C14H9F3N6OS/c1-15-25-21(19-9-5-6-14-24-19)27-23(26-15)28-22(30)18-12-10-17(11-13-18)20(29)16-7-3-2-4-8-16;1-10-23-15(13-4-2-3-9-22-13)25-17(24-10)26-16(28)12-7-5-11(6-8-12)14(27)18(19,20)21;1-9(2)12-8-24-15(20-12)14(23)22-16-19-10(3)18-13(21-16)11-6-4-5-7-17-11;1-7-19-10(8-4-2-3-5-18-8)22-13(20-7)23-11(24)12-21-9(6-25-12)14(15,16)17/h2-14H,1H3,(H,25,26,27,28,30);2-9H,1H3,(H,23,24,25,26,28);4-9H,1-3H3,(H,18,19,21,22,23);2-6H,1H3,(H,19,20,22,23,24). The van der Waals surface area contributed by atoms with E-state index in [9.17, 15) is 55.1 Å². The van der Waals surface area contributed by atoms with Crippen LogP contribution >= 0.6 is 22.7 Å². The van der Waals surface area contributed by atoms with Crippen molar-refractivity contribution in [3.63, 3.8) is 0 Å². The summed E-state index contributed by atoms with van der Waals surface area (Å²) in [5.41, 5.74) is 2.90. The number of rotatable bonds is 16. The van der Waals surface area contributed by atoms with Crippen LogP contribution in [0.5, 0.6) is 0 Å². The van der Waals surface area contributed by atoms with E-state index in [0.29, 0.717) is 90.8 Å². The molecule has 0 unspecified atom stereocenters. The van der Waals surface area contributed by atoms with Crippen LogP contribution in [0.2, 0.25) is 0 Å². The number of anilines is 4. The second-order valence-corrected chi connectivity index (χ2v) is 24.0. The lowest BCUT2D eigenvalue weighted by Gasteiger charge is -2.08. The molecule has 4 amide bonds. The minimum absolute atomic E-state index is 0.0337. The normalized spacial score (nSPS) is 10.9. The highest BCUT2D eigenvalue weighted by atomic mass is 32.1. The molecule has 36 heteroatoms. The number of carbonyl (C=O) groups excluding carboxylic acids is 6. The smallest absolute Gasteiger partial charge is 0.290 e. The first-order chi connectivity index (χ1) is 51.2. The predicted molar refractivity (Wildman–Crippen MR) is 379 cm³/mol. The van der Waals surface area contributed by atoms with Gasteiger partial charge in [-0.1, -0.05) is 92.7 Å². The van der Waals surface area contributed by atoms with Gasteiger partial charge in [-0.25, -0.2) is 29.9 Å². The Kier molecular flexibility index (Phi) is 24.5. The molecular weight excluding hydrogens is 1440 g/mol. The number of nitrogens with one attached hydrogen (secondary N) is 4. The summed E-state index contributed by atoms with van der Waals surface area (Å²) in [4.78, 5) is 147. The lowest BCUT2D eigenvalue weighted by molar-refractivity contribution is -0.140. The first kappa shape index (κ1) is 76.0. The van der Waals surface area contributed by atoms with Crippen LogP contribution in [0.1, 0.15) is 121 Å². The molecule has 0 fully saturated rings. The quantitative estimate of drug-likeness (QED) is 0.0515. The van der Waals surface area contributed by atoms with Crippen LogP contribution in [0.4, 0.5) is 50.1 Å². The number of hydrogen-bond acceptors (Lipinski definition) is 26. The largest absolute Gasteiger partial charge is 0.454 e. The molecule has 0 saturated carbocycles. The molecular formula is C71H54F6N22O6S2. The van der Waals surface area contributed by atoms with Crippen LogP contribution in [-0.4, -0.2) is 131 Å². The zero-order valence-electron chi connectivity index (χ0n) is 56.6. The summed E-state index contributed by atoms with van der Waals surface area (Å²) in [6.45, 7) is 10.7. The summed E-state index contributed by atoms with van der Waals surface area (Å²) in [6.07, 6.45) is -3.16. The van der Waals surface area contributed by atoms with Crippen LogP contribution in [0.3, 0.4) is 0 Å². The molecule has 0 atom stereocenters. The van der Waals surface area contributed by atoms with Crippen LogP contribution < -0.4 is 21.3 Å². The van der Waals surface area contributed by atoms with Gasteiger partial charge in [0.05, 0.1) is 5.69 Å². The first-order valence-electron chi connectivity index (χ1n) is 31.4. The van der Waals surface area contributed by atoms with E-state index in [-0.39, 0.29) is 69.5 Å². The van der Waals surface area contributed by atoms with Crippen LogP contribution in [0.15, 0.2) is 187 Å². The number of amides is 4. The molecule has 0 saturated heterocycles. The fourth-order valence-electron chi connectivity index (χ4n) is 8.88. The van der Waals surface area contributed by atoms with Gasteiger partial charge < -0.3 is 0 Å². The zero-order chi connectivity index (χ0) is 76.4. The fraction of sp³-hybridized carbons (Fsp3) is 0.127. The number of aromatic nitrogens is 18. The Morgan fingerprint density at radius 2 is 0.664 bits per heavy atom. The molecule has 0 aliphatic heterocycles. The second-order valence-electron chi connectivity index (χ2n) is 22.2. The number of aryl methyl sites for hydroxylation is 4. The van der Waals surface area contributed by atoms with Gasteiger partial charge in [-0.15, -0.1) is 22.7 Å².